The van der Waals surface area contributed by atoms with E-state index in [1.807, 2.05) is 42.5 Å². The van der Waals surface area contributed by atoms with Gasteiger partial charge in [-0.05, 0) is 115 Å². The second kappa shape index (κ2) is 10.0. The molecule has 0 radical (unpaired) electrons. The van der Waals surface area contributed by atoms with E-state index >= 15 is 0 Å². The standard InChI is InChI=1S/C46H28N2/c47-29-32-13-5-11-21-44(32)48(34-14-2-1-3-15-34)35-24-22-31-27-40-39-25-23-30-12-4-6-16-36(30)45(39)46(43(40)28-33(31)26-35)41-19-9-7-17-37(41)38-18-8-10-20-42(38)46/h1-28H. The lowest BCUT2D eigenvalue weighted by Crippen LogP contribution is -2.26. The van der Waals surface area contributed by atoms with E-state index in [1.54, 1.807) is 0 Å². The van der Waals surface area contributed by atoms with Gasteiger partial charge in [0.1, 0.15) is 6.07 Å². The molecular weight excluding hydrogens is 581 g/mol. The highest BCUT2D eigenvalue weighted by molar-refractivity contribution is 6.06. The Bertz CT molecular complexity index is 2600. The average Bonchev–Trinajstić information content (AvgIpc) is 3.61. The highest BCUT2D eigenvalue weighted by atomic mass is 15.1. The fourth-order valence-electron chi connectivity index (χ4n) is 8.55. The predicted molar refractivity (Wildman–Crippen MR) is 197 cm³/mol. The molecule has 2 heteroatoms. The summed E-state index contributed by atoms with van der Waals surface area (Å²) in [5.41, 5.74) is 13.6. The number of hydrogen-bond donors (Lipinski definition) is 0. The maximum Gasteiger partial charge on any atom is 0.101 e. The molecule has 0 saturated heterocycles. The van der Waals surface area contributed by atoms with Gasteiger partial charge in [-0.25, -0.2) is 0 Å². The Morgan fingerprint density at radius 1 is 0.438 bits per heavy atom. The quantitative estimate of drug-likeness (QED) is 0.199. The fourth-order valence-corrected chi connectivity index (χ4v) is 8.55. The number of benzene rings is 8. The maximum absolute atomic E-state index is 10.1. The van der Waals surface area contributed by atoms with Crippen LogP contribution in [0.15, 0.2) is 170 Å². The Morgan fingerprint density at radius 3 is 1.90 bits per heavy atom. The number of fused-ring (bicyclic) bond motifs is 13. The fraction of sp³-hybridized carbons (Fsp3) is 0.0217. The molecule has 2 aliphatic carbocycles. The van der Waals surface area contributed by atoms with Crippen molar-refractivity contribution in [1.82, 2.24) is 0 Å². The van der Waals surface area contributed by atoms with Gasteiger partial charge in [0.2, 0.25) is 0 Å². The number of rotatable bonds is 3. The van der Waals surface area contributed by atoms with Gasteiger partial charge in [0.25, 0.3) is 0 Å². The van der Waals surface area contributed by atoms with Crippen LogP contribution in [0.5, 0.6) is 0 Å². The first-order valence-corrected chi connectivity index (χ1v) is 16.4. The van der Waals surface area contributed by atoms with Crippen LogP contribution in [0.1, 0.15) is 27.8 Å². The molecule has 0 aromatic heterocycles. The van der Waals surface area contributed by atoms with Crippen LogP contribution in [0.2, 0.25) is 0 Å². The molecule has 2 nitrogen and oxygen atoms in total. The summed E-state index contributed by atoms with van der Waals surface area (Å²) >= 11 is 0. The van der Waals surface area contributed by atoms with Crippen LogP contribution in [-0.4, -0.2) is 0 Å². The van der Waals surface area contributed by atoms with E-state index < -0.39 is 5.41 Å². The SMILES string of the molecule is N#Cc1ccccc1N(c1ccccc1)c1ccc2cc3c(cc2c1)C1(c2ccccc2-c2ccccc21)c1c-3ccc2ccccc12. The number of anilines is 3. The van der Waals surface area contributed by atoms with Crippen molar-refractivity contribution in [2.24, 2.45) is 0 Å². The molecule has 222 valence electrons. The first-order valence-electron chi connectivity index (χ1n) is 16.4. The van der Waals surface area contributed by atoms with Gasteiger partial charge < -0.3 is 4.90 Å². The van der Waals surface area contributed by atoms with E-state index in [-0.39, 0.29) is 0 Å². The van der Waals surface area contributed by atoms with Crippen LogP contribution in [-0.2, 0) is 5.41 Å². The third-order valence-corrected chi connectivity index (χ3v) is 10.4. The highest BCUT2D eigenvalue weighted by Crippen LogP contribution is 2.64. The second-order valence-electron chi connectivity index (χ2n) is 12.8. The summed E-state index contributed by atoms with van der Waals surface area (Å²) in [7, 11) is 0. The molecular formula is C46H28N2. The molecule has 0 bridgehead atoms. The molecule has 0 atom stereocenters. The van der Waals surface area contributed by atoms with Gasteiger partial charge in [0, 0.05) is 11.4 Å². The van der Waals surface area contributed by atoms with Crippen LogP contribution in [0.25, 0.3) is 43.8 Å². The first-order chi connectivity index (χ1) is 23.8. The van der Waals surface area contributed by atoms with Gasteiger partial charge in [0.05, 0.1) is 16.7 Å². The minimum atomic E-state index is -0.449. The van der Waals surface area contributed by atoms with Gasteiger partial charge in [-0.3, -0.25) is 0 Å². The Hall–Kier alpha value is -6.43. The molecule has 0 N–H and O–H groups in total. The van der Waals surface area contributed by atoms with Crippen molar-refractivity contribution in [2.45, 2.75) is 5.41 Å². The third-order valence-electron chi connectivity index (χ3n) is 10.4. The van der Waals surface area contributed by atoms with Crippen molar-refractivity contribution < 1.29 is 0 Å². The van der Waals surface area contributed by atoms with Gasteiger partial charge >= 0.3 is 0 Å². The van der Waals surface area contributed by atoms with E-state index in [9.17, 15) is 5.26 Å². The lowest BCUT2D eigenvalue weighted by Gasteiger charge is -2.31. The molecule has 8 aromatic carbocycles. The summed E-state index contributed by atoms with van der Waals surface area (Å²) in [5, 5.41) is 15.0. The van der Waals surface area contributed by atoms with E-state index in [4.69, 9.17) is 0 Å². The monoisotopic (exact) mass is 608 g/mol. The molecule has 0 unspecified atom stereocenters. The van der Waals surface area contributed by atoms with Crippen LogP contribution in [0, 0.1) is 11.3 Å². The zero-order chi connectivity index (χ0) is 31.8. The lowest BCUT2D eigenvalue weighted by atomic mass is 9.69. The summed E-state index contributed by atoms with van der Waals surface area (Å²) in [5.74, 6) is 0. The van der Waals surface area contributed by atoms with Gasteiger partial charge in [-0.2, -0.15) is 5.26 Å². The molecule has 10 rings (SSSR count). The summed E-state index contributed by atoms with van der Waals surface area (Å²) in [6.45, 7) is 0. The number of nitrogens with zero attached hydrogens (tertiary/aromatic N) is 2. The van der Waals surface area contributed by atoms with Gasteiger partial charge in [-0.15, -0.1) is 0 Å². The molecule has 48 heavy (non-hydrogen) atoms. The van der Waals surface area contributed by atoms with Gasteiger partial charge in [0.15, 0.2) is 0 Å². The smallest absolute Gasteiger partial charge is 0.101 e. The topological polar surface area (TPSA) is 27.0 Å². The van der Waals surface area contributed by atoms with E-state index in [2.05, 4.69) is 138 Å². The zero-order valence-corrected chi connectivity index (χ0v) is 26.1. The summed E-state index contributed by atoms with van der Waals surface area (Å²) in [6, 6.07) is 63.6. The van der Waals surface area contributed by atoms with Crippen LogP contribution in [0.4, 0.5) is 17.1 Å². The lowest BCUT2D eigenvalue weighted by molar-refractivity contribution is 0.802. The van der Waals surface area contributed by atoms with Crippen molar-refractivity contribution in [2.75, 3.05) is 4.90 Å². The van der Waals surface area contributed by atoms with Crippen molar-refractivity contribution in [3.8, 4) is 28.3 Å². The molecule has 8 aromatic rings. The number of nitriles is 1. The predicted octanol–water partition coefficient (Wildman–Crippen LogP) is 11.7. The van der Waals surface area contributed by atoms with Crippen molar-refractivity contribution in [3.63, 3.8) is 0 Å². The number of para-hydroxylation sites is 2. The summed E-state index contributed by atoms with van der Waals surface area (Å²) in [6.07, 6.45) is 0. The van der Waals surface area contributed by atoms with E-state index in [0.29, 0.717) is 5.56 Å². The first kappa shape index (κ1) is 26.8. The molecule has 0 saturated carbocycles. The molecule has 0 heterocycles. The highest BCUT2D eigenvalue weighted by Gasteiger charge is 2.52. The largest absolute Gasteiger partial charge is 0.309 e. The summed E-state index contributed by atoms with van der Waals surface area (Å²) < 4.78 is 0. The summed E-state index contributed by atoms with van der Waals surface area (Å²) in [4.78, 5) is 2.20. The second-order valence-corrected chi connectivity index (χ2v) is 12.8. The maximum atomic E-state index is 10.1. The zero-order valence-electron chi connectivity index (χ0n) is 26.1. The van der Waals surface area contributed by atoms with E-state index in [0.717, 1.165) is 17.1 Å². The Morgan fingerprint density at radius 2 is 1.10 bits per heavy atom. The Labute approximate surface area is 279 Å². The number of hydrogen-bond acceptors (Lipinski definition) is 2. The third kappa shape index (κ3) is 3.51. The molecule has 1 spiro atoms. The Balaban J connectivity index is 1.29. The minimum Gasteiger partial charge on any atom is -0.309 e. The van der Waals surface area contributed by atoms with Crippen molar-refractivity contribution >= 4 is 38.6 Å². The Kier molecular flexibility index (Phi) is 5.59. The van der Waals surface area contributed by atoms with Crippen LogP contribution in [0.3, 0.4) is 0 Å². The minimum absolute atomic E-state index is 0.449. The normalized spacial score (nSPS) is 13.1. The molecule has 0 aliphatic heterocycles. The van der Waals surface area contributed by atoms with Gasteiger partial charge in [-0.1, -0.05) is 121 Å². The molecule has 2 aliphatic rings. The van der Waals surface area contributed by atoms with Crippen LogP contribution >= 0.6 is 0 Å². The van der Waals surface area contributed by atoms with Crippen molar-refractivity contribution in [1.29, 1.82) is 5.26 Å². The molecule has 0 fully saturated rings. The molecule has 0 amide bonds. The average molecular weight is 609 g/mol. The van der Waals surface area contributed by atoms with Crippen molar-refractivity contribution in [3.05, 3.63) is 198 Å². The van der Waals surface area contributed by atoms with E-state index in [1.165, 1.54) is 66.1 Å². The van der Waals surface area contributed by atoms with Crippen LogP contribution < -0.4 is 4.90 Å².